The zero-order chi connectivity index (χ0) is 15.4. The smallest absolute Gasteiger partial charge is 0.265 e. The van der Waals surface area contributed by atoms with Gasteiger partial charge in [-0.05, 0) is 48.9 Å². The van der Waals surface area contributed by atoms with Crippen molar-refractivity contribution in [3.63, 3.8) is 0 Å². The number of amides is 2. The summed E-state index contributed by atoms with van der Waals surface area (Å²) in [6.07, 6.45) is 3.34. The maximum Gasteiger partial charge on any atom is 0.265 e. The molecule has 2 aromatic rings. The van der Waals surface area contributed by atoms with Gasteiger partial charge < -0.3 is 10.2 Å². The molecule has 1 saturated heterocycles. The first-order valence-corrected chi connectivity index (χ1v) is 8.36. The van der Waals surface area contributed by atoms with Crippen molar-refractivity contribution in [3.05, 3.63) is 52.2 Å². The van der Waals surface area contributed by atoms with Crippen LogP contribution in [0.3, 0.4) is 0 Å². The summed E-state index contributed by atoms with van der Waals surface area (Å²) in [5.74, 6) is -0.0931. The Kier molecular flexibility index (Phi) is 4.53. The number of carbonyl (C=O) groups excluding carboxylic acids is 2. The number of hydrogen-bond donors (Lipinski definition) is 1. The van der Waals surface area contributed by atoms with Crippen LogP contribution >= 0.6 is 11.3 Å². The molecule has 3 rings (SSSR count). The number of carbonyl (C=O) groups is 2. The lowest BCUT2D eigenvalue weighted by Crippen LogP contribution is -2.35. The molecule has 0 radical (unpaired) electrons. The number of likely N-dealkylation sites (tertiary alicyclic amines) is 1. The number of piperidine rings is 1. The first kappa shape index (κ1) is 14.8. The minimum Gasteiger partial charge on any atom is -0.339 e. The van der Waals surface area contributed by atoms with E-state index in [1.54, 1.807) is 30.3 Å². The molecule has 1 N–H and O–H groups in total. The Morgan fingerprint density at radius 1 is 1.05 bits per heavy atom. The first-order chi connectivity index (χ1) is 10.7. The van der Waals surface area contributed by atoms with Gasteiger partial charge in [0.05, 0.1) is 4.88 Å². The highest BCUT2D eigenvalue weighted by molar-refractivity contribution is 7.12. The van der Waals surface area contributed by atoms with E-state index in [0.717, 1.165) is 25.9 Å². The highest BCUT2D eigenvalue weighted by Crippen LogP contribution is 2.18. The fourth-order valence-electron chi connectivity index (χ4n) is 2.61. The summed E-state index contributed by atoms with van der Waals surface area (Å²) in [6, 6.07) is 10.8. The molecule has 0 spiro atoms. The van der Waals surface area contributed by atoms with Gasteiger partial charge in [0.15, 0.2) is 0 Å². The highest BCUT2D eigenvalue weighted by atomic mass is 32.1. The maximum atomic E-state index is 12.5. The Bertz CT molecular complexity index is 661. The van der Waals surface area contributed by atoms with Gasteiger partial charge in [0.2, 0.25) is 0 Å². The summed E-state index contributed by atoms with van der Waals surface area (Å²) in [4.78, 5) is 27.1. The van der Waals surface area contributed by atoms with Crippen molar-refractivity contribution < 1.29 is 9.59 Å². The molecule has 0 bridgehead atoms. The van der Waals surface area contributed by atoms with Crippen molar-refractivity contribution in [1.29, 1.82) is 0 Å². The molecule has 0 unspecified atom stereocenters. The highest BCUT2D eigenvalue weighted by Gasteiger charge is 2.18. The van der Waals surface area contributed by atoms with E-state index >= 15 is 0 Å². The van der Waals surface area contributed by atoms with Crippen LogP contribution in [-0.2, 0) is 0 Å². The predicted octanol–water partition coefficient (Wildman–Crippen LogP) is 3.63. The van der Waals surface area contributed by atoms with Gasteiger partial charge in [-0.2, -0.15) is 0 Å². The van der Waals surface area contributed by atoms with E-state index in [0.29, 0.717) is 16.1 Å². The van der Waals surface area contributed by atoms with E-state index < -0.39 is 0 Å². The molecule has 1 aliphatic heterocycles. The number of rotatable bonds is 3. The topological polar surface area (TPSA) is 49.4 Å². The molecule has 2 amide bonds. The molecule has 0 saturated carbocycles. The van der Waals surface area contributed by atoms with Crippen LogP contribution in [0.1, 0.15) is 39.3 Å². The lowest BCUT2D eigenvalue weighted by Gasteiger charge is -2.26. The summed E-state index contributed by atoms with van der Waals surface area (Å²) in [5.41, 5.74) is 1.28. The van der Waals surface area contributed by atoms with Gasteiger partial charge in [-0.3, -0.25) is 9.59 Å². The molecular weight excluding hydrogens is 296 g/mol. The quantitative estimate of drug-likeness (QED) is 0.940. The van der Waals surface area contributed by atoms with E-state index in [9.17, 15) is 9.59 Å². The molecule has 1 fully saturated rings. The molecule has 1 aliphatic rings. The molecular formula is C17H18N2O2S. The monoisotopic (exact) mass is 314 g/mol. The first-order valence-electron chi connectivity index (χ1n) is 7.48. The minimum atomic E-state index is -0.141. The third kappa shape index (κ3) is 3.36. The molecule has 5 heteroatoms. The Balaban J connectivity index is 1.72. The number of nitrogens with one attached hydrogen (secondary N) is 1. The molecule has 2 heterocycles. The second-order valence-corrected chi connectivity index (χ2v) is 6.31. The summed E-state index contributed by atoms with van der Waals surface area (Å²) < 4.78 is 0. The van der Waals surface area contributed by atoms with Crippen LogP contribution in [0.4, 0.5) is 5.69 Å². The van der Waals surface area contributed by atoms with Gasteiger partial charge in [0.25, 0.3) is 11.8 Å². The lowest BCUT2D eigenvalue weighted by molar-refractivity contribution is 0.0724. The Morgan fingerprint density at radius 3 is 2.59 bits per heavy atom. The van der Waals surface area contributed by atoms with Crippen LogP contribution in [0.5, 0.6) is 0 Å². The van der Waals surface area contributed by atoms with E-state index in [1.165, 1.54) is 17.8 Å². The van der Waals surface area contributed by atoms with Crippen LogP contribution in [0.25, 0.3) is 0 Å². The van der Waals surface area contributed by atoms with Gasteiger partial charge in [-0.1, -0.05) is 12.1 Å². The largest absolute Gasteiger partial charge is 0.339 e. The number of hydrogen-bond acceptors (Lipinski definition) is 3. The average molecular weight is 314 g/mol. The molecule has 1 aromatic carbocycles. The fraction of sp³-hybridized carbons (Fsp3) is 0.294. The van der Waals surface area contributed by atoms with Crippen molar-refractivity contribution in [2.75, 3.05) is 18.4 Å². The number of benzene rings is 1. The zero-order valence-corrected chi connectivity index (χ0v) is 13.1. The summed E-state index contributed by atoms with van der Waals surface area (Å²) in [7, 11) is 0. The van der Waals surface area contributed by atoms with Crippen molar-refractivity contribution in [1.82, 2.24) is 4.90 Å². The number of anilines is 1. The molecule has 22 heavy (non-hydrogen) atoms. The Labute approximate surface area is 133 Å². The fourth-order valence-corrected chi connectivity index (χ4v) is 3.23. The molecule has 114 valence electrons. The summed E-state index contributed by atoms with van der Waals surface area (Å²) in [5, 5.41) is 4.71. The maximum absolute atomic E-state index is 12.5. The normalized spacial score (nSPS) is 14.6. The van der Waals surface area contributed by atoms with Crippen molar-refractivity contribution in [3.8, 4) is 0 Å². The van der Waals surface area contributed by atoms with Gasteiger partial charge >= 0.3 is 0 Å². The van der Waals surface area contributed by atoms with E-state index in [1.807, 2.05) is 16.3 Å². The van der Waals surface area contributed by atoms with Crippen LogP contribution in [-0.4, -0.2) is 29.8 Å². The molecule has 0 aliphatic carbocycles. The third-order valence-corrected chi connectivity index (χ3v) is 4.62. The third-order valence-electron chi connectivity index (χ3n) is 3.76. The average Bonchev–Trinajstić information content (AvgIpc) is 3.10. The Hall–Kier alpha value is -2.14. The summed E-state index contributed by atoms with van der Waals surface area (Å²) >= 11 is 1.40. The number of thiophene rings is 1. The van der Waals surface area contributed by atoms with Gasteiger partial charge in [0, 0.05) is 24.3 Å². The van der Waals surface area contributed by atoms with Gasteiger partial charge in [-0.15, -0.1) is 11.3 Å². The molecule has 4 nitrogen and oxygen atoms in total. The Morgan fingerprint density at radius 2 is 1.86 bits per heavy atom. The standard InChI is InChI=1S/C17H18N2O2S/c20-16(15-8-5-11-22-15)18-14-7-4-6-13(12-14)17(21)19-9-2-1-3-10-19/h4-8,11-12H,1-3,9-10H2,(H,18,20). The predicted molar refractivity (Wildman–Crippen MR) is 88.5 cm³/mol. The van der Waals surface area contributed by atoms with Crippen molar-refractivity contribution in [2.24, 2.45) is 0 Å². The SMILES string of the molecule is O=C(Nc1cccc(C(=O)N2CCCCC2)c1)c1cccs1. The van der Waals surface area contributed by atoms with Crippen LogP contribution in [0.15, 0.2) is 41.8 Å². The van der Waals surface area contributed by atoms with E-state index in [4.69, 9.17) is 0 Å². The van der Waals surface area contributed by atoms with Gasteiger partial charge in [-0.25, -0.2) is 0 Å². The summed E-state index contributed by atoms with van der Waals surface area (Å²) in [6.45, 7) is 1.65. The van der Waals surface area contributed by atoms with E-state index in [-0.39, 0.29) is 11.8 Å². The minimum absolute atomic E-state index is 0.0481. The van der Waals surface area contributed by atoms with Gasteiger partial charge in [0.1, 0.15) is 0 Å². The molecule has 0 atom stereocenters. The van der Waals surface area contributed by atoms with Crippen molar-refractivity contribution >= 4 is 28.8 Å². The number of nitrogens with zero attached hydrogens (tertiary/aromatic N) is 1. The van der Waals surface area contributed by atoms with Crippen LogP contribution in [0, 0.1) is 0 Å². The second-order valence-electron chi connectivity index (χ2n) is 5.37. The lowest BCUT2D eigenvalue weighted by atomic mass is 10.1. The zero-order valence-electron chi connectivity index (χ0n) is 12.2. The van der Waals surface area contributed by atoms with Crippen LogP contribution in [0.2, 0.25) is 0 Å². The van der Waals surface area contributed by atoms with Crippen molar-refractivity contribution in [2.45, 2.75) is 19.3 Å². The second kappa shape index (κ2) is 6.75. The van der Waals surface area contributed by atoms with Crippen LogP contribution < -0.4 is 5.32 Å². The molecule has 1 aromatic heterocycles. The van der Waals surface area contributed by atoms with E-state index in [2.05, 4.69) is 5.32 Å².